The van der Waals surface area contributed by atoms with Gasteiger partial charge in [-0.1, -0.05) is 29.4 Å². The second-order valence-electron chi connectivity index (χ2n) is 13.4. The fourth-order valence-electron chi connectivity index (χ4n) is 7.27. The molecular formula is C40H38O11. The smallest absolute Gasteiger partial charge is 0.174 e. The van der Waals surface area contributed by atoms with Crippen LogP contribution in [0.25, 0.3) is 0 Å². The molecule has 6 rings (SSSR count). The SMILES string of the molecule is CC(C)=CCc1c(O)ccc(C(=O)[C@@H]2[C@@H](c3c(O)ccc([C@@H]4CC(=O)c5c(O)cc(O)cc5O4)c3O)C=C(C)C[C@H]2c2ccc(O)cc2O)c1O. The number of benzene rings is 4. The Hall–Kier alpha value is -6.10. The molecule has 4 atom stereocenters. The molecule has 51 heavy (non-hydrogen) atoms. The second-order valence-corrected chi connectivity index (χ2v) is 13.4. The Morgan fingerprint density at radius 2 is 1.47 bits per heavy atom. The number of fused-ring (bicyclic) bond motifs is 1. The molecule has 0 amide bonds. The van der Waals surface area contributed by atoms with Crippen molar-refractivity contribution in [3.63, 3.8) is 0 Å². The van der Waals surface area contributed by atoms with Crippen LogP contribution in [0.15, 0.2) is 77.9 Å². The predicted octanol–water partition coefficient (Wildman–Crippen LogP) is 7.26. The summed E-state index contributed by atoms with van der Waals surface area (Å²) in [7, 11) is 0. The number of aromatic hydroxyl groups is 8. The molecule has 0 saturated heterocycles. The Balaban J connectivity index is 1.52. The number of hydrogen-bond acceptors (Lipinski definition) is 11. The summed E-state index contributed by atoms with van der Waals surface area (Å²) in [6, 6.07) is 11.5. The number of rotatable bonds is 7. The van der Waals surface area contributed by atoms with Crippen molar-refractivity contribution in [3.8, 4) is 51.7 Å². The Kier molecular flexibility index (Phi) is 9.07. The van der Waals surface area contributed by atoms with Gasteiger partial charge >= 0.3 is 0 Å². The lowest BCUT2D eigenvalue weighted by Gasteiger charge is -2.38. The monoisotopic (exact) mass is 694 g/mol. The van der Waals surface area contributed by atoms with Gasteiger partial charge in [-0.3, -0.25) is 9.59 Å². The third kappa shape index (κ3) is 6.38. The van der Waals surface area contributed by atoms with E-state index < -0.39 is 52.7 Å². The van der Waals surface area contributed by atoms with Crippen LogP contribution in [0.5, 0.6) is 51.7 Å². The number of carbonyl (C=O) groups excluding carboxylic acids is 2. The first kappa shape index (κ1) is 34.8. The molecule has 11 heteroatoms. The molecule has 0 bridgehead atoms. The van der Waals surface area contributed by atoms with E-state index in [2.05, 4.69) is 0 Å². The van der Waals surface area contributed by atoms with Crippen LogP contribution in [0.3, 0.4) is 0 Å². The summed E-state index contributed by atoms with van der Waals surface area (Å²) >= 11 is 0. The zero-order valence-corrected chi connectivity index (χ0v) is 28.1. The van der Waals surface area contributed by atoms with E-state index in [9.17, 15) is 50.4 Å². The van der Waals surface area contributed by atoms with Crippen LogP contribution in [-0.4, -0.2) is 52.4 Å². The molecule has 11 nitrogen and oxygen atoms in total. The topological polar surface area (TPSA) is 205 Å². The van der Waals surface area contributed by atoms with Crippen molar-refractivity contribution in [1.82, 2.24) is 0 Å². The first-order chi connectivity index (χ1) is 24.2. The third-order valence-electron chi connectivity index (χ3n) is 9.67. The second kappa shape index (κ2) is 13.3. The molecule has 8 N–H and O–H groups in total. The average Bonchev–Trinajstić information content (AvgIpc) is 3.03. The summed E-state index contributed by atoms with van der Waals surface area (Å²) < 4.78 is 5.99. The highest BCUT2D eigenvalue weighted by Gasteiger charge is 2.44. The zero-order chi connectivity index (χ0) is 36.9. The van der Waals surface area contributed by atoms with Crippen molar-refractivity contribution in [2.75, 3.05) is 0 Å². The van der Waals surface area contributed by atoms with Gasteiger partial charge in [0.05, 0.1) is 12.0 Å². The molecule has 1 heterocycles. The van der Waals surface area contributed by atoms with Crippen molar-refractivity contribution in [2.24, 2.45) is 5.92 Å². The molecule has 4 aromatic carbocycles. The lowest BCUT2D eigenvalue weighted by Crippen LogP contribution is -2.32. The van der Waals surface area contributed by atoms with Gasteiger partial charge in [0.15, 0.2) is 11.6 Å². The van der Waals surface area contributed by atoms with Crippen LogP contribution >= 0.6 is 0 Å². The first-order valence-corrected chi connectivity index (χ1v) is 16.4. The maximum Gasteiger partial charge on any atom is 0.174 e. The van der Waals surface area contributed by atoms with E-state index in [1.807, 2.05) is 13.8 Å². The van der Waals surface area contributed by atoms with E-state index in [1.165, 1.54) is 42.5 Å². The Bertz CT molecular complexity index is 2140. The van der Waals surface area contributed by atoms with Crippen LogP contribution in [0.2, 0.25) is 0 Å². The van der Waals surface area contributed by atoms with Gasteiger partial charge in [0, 0.05) is 52.6 Å². The highest BCUT2D eigenvalue weighted by molar-refractivity contribution is 6.03. The maximum absolute atomic E-state index is 14.8. The molecule has 0 unspecified atom stereocenters. The number of Topliss-reactive ketones (excluding diaryl/α,β-unsaturated/α-hetero) is 2. The van der Waals surface area contributed by atoms with Crippen molar-refractivity contribution in [3.05, 3.63) is 111 Å². The third-order valence-corrected chi connectivity index (χ3v) is 9.67. The minimum atomic E-state index is -1.17. The van der Waals surface area contributed by atoms with Crippen LogP contribution in [0.4, 0.5) is 0 Å². The van der Waals surface area contributed by atoms with E-state index in [4.69, 9.17) is 4.74 Å². The summed E-state index contributed by atoms with van der Waals surface area (Å²) in [6.45, 7) is 5.50. The number of ketones is 2. The highest BCUT2D eigenvalue weighted by atomic mass is 16.5. The van der Waals surface area contributed by atoms with Gasteiger partial charge in [0.25, 0.3) is 0 Å². The van der Waals surface area contributed by atoms with Gasteiger partial charge in [-0.25, -0.2) is 0 Å². The molecule has 2 aliphatic rings. The van der Waals surface area contributed by atoms with Gasteiger partial charge in [-0.2, -0.15) is 0 Å². The van der Waals surface area contributed by atoms with Gasteiger partial charge in [0.2, 0.25) is 0 Å². The Morgan fingerprint density at radius 1 is 0.784 bits per heavy atom. The summed E-state index contributed by atoms with van der Waals surface area (Å²) in [5.74, 6) is -7.04. The lowest BCUT2D eigenvalue weighted by atomic mass is 9.65. The van der Waals surface area contributed by atoms with E-state index in [0.29, 0.717) is 5.56 Å². The predicted molar refractivity (Wildman–Crippen MR) is 186 cm³/mol. The van der Waals surface area contributed by atoms with Crippen molar-refractivity contribution in [2.45, 2.75) is 58.0 Å². The largest absolute Gasteiger partial charge is 0.508 e. The van der Waals surface area contributed by atoms with E-state index in [-0.39, 0.29) is 81.6 Å². The first-order valence-electron chi connectivity index (χ1n) is 16.4. The number of hydrogen-bond donors (Lipinski definition) is 8. The molecule has 0 spiro atoms. The summed E-state index contributed by atoms with van der Waals surface area (Å²) in [6.07, 6.45) is 2.49. The van der Waals surface area contributed by atoms with Crippen molar-refractivity contribution < 1.29 is 55.2 Å². The highest BCUT2D eigenvalue weighted by Crippen LogP contribution is 2.54. The van der Waals surface area contributed by atoms with E-state index in [0.717, 1.165) is 23.3 Å². The molecule has 0 saturated carbocycles. The minimum Gasteiger partial charge on any atom is -0.508 e. The molecule has 0 fully saturated rings. The number of carbonyl (C=O) groups is 2. The normalized spacial score (nSPS) is 19.8. The fraction of sp³-hybridized carbons (Fsp3) is 0.250. The summed E-state index contributed by atoms with van der Waals surface area (Å²) in [4.78, 5) is 28.0. The lowest BCUT2D eigenvalue weighted by molar-refractivity contribution is 0.0841. The molecule has 0 radical (unpaired) electrons. The fourth-order valence-corrected chi connectivity index (χ4v) is 7.27. The van der Waals surface area contributed by atoms with Gasteiger partial charge in [-0.05, 0) is 69.5 Å². The van der Waals surface area contributed by atoms with E-state index in [1.54, 1.807) is 19.1 Å². The number of phenolic OH excluding ortho intramolecular Hbond substituents is 8. The Labute approximate surface area is 293 Å². The number of ether oxygens (including phenoxy) is 1. The quantitative estimate of drug-likeness (QED) is 0.0714. The maximum atomic E-state index is 14.8. The molecule has 264 valence electrons. The zero-order valence-electron chi connectivity index (χ0n) is 28.1. The molecular weight excluding hydrogens is 656 g/mol. The standard InChI is InChI=1S/C40H38O11/c1-18(2)4-6-23-28(43)10-9-25(38(23)48)40(50)35-26(22-7-5-20(41)14-30(22)45)12-19(3)13-27(35)36-29(44)11-8-24(39(36)49)33-17-32(47)37-31(46)15-21(42)16-34(37)51-33/h4-5,7-11,13-16,26-27,33,35,41-46,48-49H,6,12,17H2,1-3H3/t26-,27-,33-,35-/m0/s1. The van der Waals surface area contributed by atoms with Crippen LogP contribution < -0.4 is 4.74 Å². The summed E-state index contributed by atoms with van der Waals surface area (Å²) in [5, 5.41) is 86.7. The van der Waals surface area contributed by atoms with Crippen LogP contribution in [0, 0.1) is 5.92 Å². The number of phenols is 8. The molecule has 4 aromatic rings. The van der Waals surface area contributed by atoms with Crippen LogP contribution in [0.1, 0.15) is 94.5 Å². The number of allylic oxidation sites excluding steroid dienone is 4. The van der Waals surface area contributed by atoms with Crippen LogP contribution in [-0.2, 0) is 6.42 Å². The summed E-state index contributed by atoms with van der Waals surface area (Å²) in [5.41, 5.74) is 1.89. The molecule has 0 aromatic heterocycles. The van der Waals surface area contributed by atoms with Gasteiger partial charge in [-0.15, -0.1) is 0 Å². The molecule has 1 aliphatic carbocycles. The van der Waals surface area contributed by atoms with Gasteiger partial charge < -0.3 is 45.6 Å². The van der Waals surface area contributed by atoms with Crippen molar-refractivity contribution in [1.29, 1.82) is 0 Å². The minimum absolute atomic E-state index is 0.0724. The van der Waals surface area contributed by atoms with Gasteiger partial charge in [0.1, 0.15) is 63.4 Å². The Morgan fingerprint density at radius 3 is 2.18 bits per heavy atom. The average molecular weight is 695 g/mol. The molecule has 1 aliphatic heterocycles. The van der Waals surface area contributed by atoms with Crippen molar-refractivity contribution >= 4 is 11.6 Å². The van der Waals surface area contributed by atoms with E-state index >= 15 is 0 Å².